The van der Waals surface area contributed by atoms with Crippen molar-refractivity contribution in [3.8, 4) is 0 Å². The standard InChI is InChI=1S/C15H20F3N3O4S/c1-10(11-4-6-12(7-5-11)26(3,24)25)21(2)8-13(22)20-14(23)19-9-15(16,17)18/h4-7,10H,8-9H2,1-3H3,(H2,19,20,22,23). The van der Waals surface area contributed by atoms with Crippen LogP contribution in [-0.4, -0.2) is 57.8 Å². The van der Waals surface area contributed by atoms with E-state index < -0.39 is 34.5 Å². The van der Waals surface area contributed by atoms with Gasteiger partial charge < -0.3 is 5.32 Å². The van der Waals surface area contributed by atoms with E-state index in [1.54, 1.807) is 31.0 Å². The number of carbonyl (C=O) groups excluding carboxylic acids is 2. The van der Waals surface area contributed by atoms with Crippen LogP contribution in [-0.2, 0) is 14.6 Å². The van der Waals surface area contributed by atoms with Gasteiger partial charge in [0.2, 0.25) is 5.91 Å². The Morgan fingerprint density at radius 3 is 2.19 bits per heavy atom. The number of amides is 3. The average Bonchev–Trinajstić information content (AvgIpc) is 2.50. The molecule has 1 aromatic carbocycles. The molecule has 0 saturated heterocycles. The summed E-state index contributed by atoms with van der Waals surface area (Å²) < 4.78 is 58.8. The van der Waals surface area contributed by atoms with Gasteiger partial charge in [-0.1, -0.05) is 12.1 Å². The van der Waals surface area contributed by atoms with Crippen molar-refractivity contribution in [2.75, 3.05) is 26.4 Å². The smallest absolute Gasteiger partial charge is 0.329 e. The van der Waals surface area contributed by atoms with E-state index in [9.17, 15) is 31.2 Å². The Bertz CT molecular complexity index is 748. The van der Waals surface area contributed by atoms with Crippen LogP contribution in [0, 0.1) is 0 Å². The van der Waals surface area contributed by atoms with Crippen LogP contribution in [0.4, 0.5) is 18.0 Å². The molecule has 0 aliphatic carbocycles. The molecule has 7 nitrogen and oxygen atoms in total. The highest BCUT2D eigenvalue weighted by atomic mass is 32.2. The molecule has 1 rings (SSSR count). The van der Waals surface area contributed by atoms with Crippen LogP contribution < -0.4 is 10.6 Å². The molecule has 3 amide bonds. The number of nitrogens with one attached hydrogen (secondary N) is 2. The fourth-order valence-corrected chi connectivity index (χ4v) is 2.63. The maximum absolute atomic E-state index is 12.0. The Morgan fingerprint density at radius 1 is 1.19 bits per heavy atom. The van der Waals surface area contributed by atoms with Gasteiger partial charge in [-0.2, -0.15) is 13.2 Å². The minimum atomic E-state index is -4.57. The van der Waals surface area contributed by atoms with E-state index in [2.05, 4.69) is 0 Å². The van der Waals surface area contributed by atoms with Gasteiger partial charge in [0, 0.05) is 12.3 Å². The van der Waals surface area contributed by atoms with Crippen molar-refractivity contribution in [1.29, 1.82) is 0 Å². The van der Waals surface area contributed by atoms with Crippen LogP contribution in [0.5, 0.6) is 0 Å². The van der Waals surface area contributed by atoms with Gasteiger partial charge in [0.1, 0.15) is 6.54 Å². The van der Waals surface area contributed by atoms with E-state index in [0.717, 1.165) is 11.8 Å². The monoisotopic (exact) mass is 395 g/mol. The number of sulfone groups is 1. The first-order chi connectivity index (χ1) is 11.8. The zero-order chi connectivity index (χ0) is 20.1. The van der Waals surface area contributed by atoms with E-state index in [0.29, 0.717) is 0 Å². The Kier molecular flexibility index (Phi) is 7.16. The van der Waals surface area contributed by atoms with Gasteiger partial charge in [-0.05, 0) is 31.7 Å². The number of likely N-dealkylation sites (N-methyl/N-ethyl adjacent to an activating group) is 1. The molecule has 0 radical (unpaired) electrons. The van der Waals surface area contributed by atoms with Gasteiger partial charge in [-0.3, -0.25) is 15.0 Å². The summed E-state index contributed by atoms with van der Waals surface area (Å²) in [5, 5.41) is 3.35. The van der Waals surface area contributed by atoms with Crippen molar-refractivity contribution in [2.45, 2.75) is 24.0 Å². The molecule has 0 fully saturated rings. The molecular formula is C15H20F3N3O4S. The summed E-state index contributed by atoms with van der Waals surface area (Å²) >= 11 is 0. The number of rotatable bonds is 6. The van der Waals surface area contributed by atoms with Crippen LogP contribution in [0.15, 0.2) is 29.2 Å². The lowest BCUT2D eigenvalue weighted by Crippen LogP contribution is -2.46. The van der Waals surface area contributed by atoms with Gasteiger partial charge in [0.25, 0.3) is 0 Å². The minimum Gasteiger partial charge on any atom is -0.329 e. The predicted molar refractivity (Wildman–Crippen MR) is 88.2 cm³/mol. The molecule has 2 N–H and O–H groups in total. The summed E-state index contributed by atoms with van der Waals surface area (Å²) in [5.74, 6) is -0.771. The first-order valence-corrected chi connectivity index (χ1v) is 9.33. The molecule has 0 aliphatic heterocycles. The summed E-state index contributed by atoms with van der Waals surface area (Å²) in [7, 11) is -1.73. The number of nitrogens with zero attached hydrogens (tertiary/aromatic N) is 1. The summed E-state index contributed by atoms with van der Waals surface area (Å²) in [6, 6.07) is 4.56. The second-order valence-electron chi connectivity index (χ2n) is 5.78. The van der Waals surface area contributed by atoms with E-state index in [1.807, 2.05) is 5.32 Å². The summed E-state index contributed by atoms with van der Waals surface area (Å²) in [4.78, 5) is 24.7. The average molecular weight is 395 g/mol. The highest BCUT2D eigenvalue weighted by Crippen LogP contribution is 2.20. The molecule has 0 aliphatic rings. The van der Waals surface area contributed by atoms with E-state index in [-0.39, 0.29) is 17.5 Å². The van der Waals surface area contributed by atoms with Gasteiger partial charge >= 0.3 is 12.2 Å². The van der Waals surface area contributed by atoms with E-state index in [1.165, 1.54) is 17.4 Å². The largest absolute Gasteiger partial charge is 0.405 e. The third-order valence-electron chi connectivity index (χ3n) is 3.55. The maximum Gasteiger partial charge on any atom is 0.405 e. The molecule has 1 aromatic rings. The number of benzene rings is 1. The van der Waals surface area contributed by atoms with Crippen LogP contribution in [0.1, 0.15) is 18.5 Å². The van der Waals surface area contributed by atoms with E-state index in [4.69, 9.17) is 0 Å². The zero-order valence-corrected chi connectivity index (χ0v) is 15.2. The predicted octanol–water partition coefficient (Wildman–Crippen LogP) is 1.47. The summed E-state index contributed by atoms with van der Waals surface area (Å²) in [6.45, 7) is -0.0219. The Labute approximate surface area is 149 Å². The number of imide groups is 1. The Balaban J connectivity index is 2.59. The van der Waals surface area contributed by atoms with E-state index >= 15 is 0 Å². The van der Waals surface area contributed by atoms with Crippen molar-refractivity contribution >= 4 is 21.8 Å². The lowest BCUT2D eigenvalue weighted by molar-refractivity contribution is -0.125. The molecule has 1 unspecified atom stereocenters. The van der Waals surface area contributed by atoms with Crippen molar-refractivity contribution in [3.05, 3.63) is 29.8 Å². The zero-order valence-electron chi connectivity index (χ0n) is 14.4. The van der Waals surface area contributed by atoms with Crippen molar-refractivity contribution < 1.29 is 31.2 Å². The maximum atomic E-state index is 12.0. The number of hydrogen-bond acceptors (Lipinski definition) is 5. The van der Waals surface area contributed by atoms with Gasteiger partial charge in [0.15, 0.2) is 9.84 Å². The number of halogens is 3. The number of alkyl halides is 3. The topological polar surface area (TPSA) is 95.6 Å². The minimum absolute atomic E-state index is 0.162. The molecule has 0 spiro atoms. The highest BCUT2D eigenvalue weighted by Gasteiger charge is 2.28. The molecule has 0 aromatic heterocycles. The molecule has 0 saturated carbocycles. The summed E-state index contributed by atoms with van der Waals surface area (Å²) in [6.07, 6.45) is -3.48. The van der Waals surface area contributed by atoms with Crippen LogP contribution >= 0.6 is 0 Å². The normalized spacial score (nSPS) is 13.3. The lowest BCUT2D eigenvalue weighted by atomic mass is 10.1. The second kappa shape index (κ2) is 8.49. The van der Waals surface area contributed by atoms with Gasteiger partial charge in [0.05, 0.1) is 11.4 Å². The van der Waals surface area contributed by atoms with Crippen LogP contribution in [0.2, 0.25) is 0 Å². The first kappa shape index (κ1) is 21.9. The quantitative estimate of drug-likeness (QED) is 0.761. The Hall–Kier alpha value is -2.14. The number of urea groups is 1. The van der Waals surface area contributed by atoms with Gasteiger partial charge in [-0.15, -0.1) is 0 Å². The number of hydrogen-bond donors (Lipinski definition) is 2. The van der Waals surface area contributed by atoms with Crippen LogP contribution in [0.3, 0.4) is 0 Å². The van der Waals surface area contributed by atoms with Crippen molar-refractivity contribution in [3.63, 3.8) is 0 Å². The molecule has 146 valence electrons. The molecular weight excluding hydrogens is 375 g/mol. The fourth-order valence-electron chi connectivity index (χ4n) is 2.00. The summed E-state index contributed by atoms with van der Waals surface area (Å²) in [5.41, 5.74) is 0.731. The first-order valence-electron chi connectivity index (χ1n) is 7.44. The third-order valence-corrected chi connectivity index (χ3v) is 4.68. The molecule has 26 heavy (non-hydrogen) atoms. The fraction of sp³-hybridized carbons (Fsp3) is 0.467. The molecule has 11 heteroatoms. The SMILES string of the molecule is CC(c1ccc(S(C)(=O)=O)cc1)N(C)CC(=O)NC(=O)NCC(F)(F)F. The lowest BCUT2D eigenvalue weighted by Gasteiger charge is -2.24. The molecule has 0 bridgehead atoms. The highest BCUT2D eigenvalue weighted by molar-refractivity contribution is 7.90. The second-order valence-corrected chi connectivity index (χ2v) is 7.79. The Morgan fingerprint density at radius 2 is 1.73 bits per heavy atom. The third kappa shape index (κ3) is 7.40. The van der Waals surface area contributed by atoms with Crippen LogP contribution in [0.25, 0.3) is 0 Å². The van der Waals surface area contributed by atoms with Gasteiger partial charge in [-0.25, -0.2) is 13.2 Å². The molecule has 1 atom stereocenters. The van der Waals surface area contributed by atoms with Crippen molar-refractivity contribution in [1.82, 2.24) is 15.5 Å². The van der Waals surface area contributed by atoms with Crippen molar-refractivity contribution in [2.24, 2.45) is 0 Å². The number of carbonyl (C=O) groups is 2. The molecule has 0 heterocycles.